The molecule has 43 valence electrons. The molecule has 0 bridgehead atoms. The van der Waals surface area contributed by atoms with E-state index < -0.39 is 8.54 Å². The molecule has 0 spiro atoms. The Bertz CT molecular complexity index is 94.0. The van der Waals surface area contributed by atoms with E-state index in [2.05, 4.69) is 0 Å². The van der Waals surface area contributed by atoms with Crippen LogP contribution < -0.4 is 0 Å². The van der Waals surface area contributed by atoms with Crippen molar-refractivity contribution in [3.8, 4) is 0 Å². The van der Waals surface area contributed by atoms with Gasteiger partial charge in [0.15, 0.2) is 0 Å². The Hall–Kier alpha value is 0.949. The van der Waals surface area contributed by atoms with Crippen LogP contribution in [0.2, 0.25) is 0 Å². The summed E-state index contributed by atoms with van der Waals surface area (Å²) in [5.74, 6) is 0. The second-order valence-corrected chi connectivity index (χ2v) is 4.25. The van der Waals surface area contributed by atoms with Crippen molar-refractivity contribution in [1.29, 1.82) is 0 Å². The molecule has 1 radical (unpaired) electrons. The molecule has 0 aliphatic carbocycles. The van der Waals surface area contributed by atoms with Gasteiger partial charge >= 0.3 is 36.4 Å². The van der Waals surface area contributed by atoms with Crippen molar-refractivity contribution in [1.82, 2.24) is 0 Å². The molecule has 0 aliphatic rings. The van der Waals surface area contributed by atoms with Gasteiger partial charge in [0.05, 0.1) is 0 Å². The predicted octanol–water partition coefficient (Wildman–Crippen LogP) is -1.31. The SMILES string of the molecule is O=S(=O)(O)[SeH].[Cu]. The van der Waals surface area contributed by atoms with E-state index in [-0.39, 0.29) is 17.1 Å². The number of rotatable bonds is 0. The van der Waals surface area contributed by atoms with E-state index in [0.29, 0.717) is 0 Å². The van der Waals surface area contributed by atoms with Crippen molar-refractivity contribution < 1.29 is 30.0 Å². The maximum absolute atomic E-state index is 9.16. The van der Waals surface area contributed by atoms with Crippen molar-refractivity contribution in [2.24, 2.45) is 0 Å². The minimum Gasteiger partial charge on any atom is 0 e. The van der Waals surface area contributed by atoms with Gasteiger partial charge in [-0.25, -0.2) is 0 Å². The molecule has 0 aliphatic heterocycles. The van der Waals surface area contributed by atoms with E-state index in [1.807, 2.05) is 0 Å². The Morgan fingerprint density at radius 1 is 1.50 bits per heavy atom. The zero-order valence-corrected chi connectivity index (χ0v) is 6.06. The van der Waals surface area contributed by atoms with E-state index in [0.717, 1.165) is 14.9 Å². The molecule has 6 heavy (non-hydrogen) atoms. The smallest absolute Gasteiger partial charge is 0 e. The zero-order chi connectivity index (χ0) is 4.50. The zero-order valence-electron chi connectivity index (χ0n) is 2.42. The topological polar surface area (TPSA) is 54.4 Å². The van der Waals surface area contributed by atoms with Crippen molar-refractivity contribution in [2.45, 2.75) is 0 Å². The van der Waals surface area contributed by atoms with Crippen LogP contribution in [-0.4, -0.2) is 27.9 Å². The largest absolute Gasteiger partial charge is 0 e. The Kier molecular flexibility index (Phi) is 5.05. The van der Waals surface area contributed by atoms with Crippen LogP contribution in [0.1, 0.15) is 0 Å². The van der Waals surface area contributed by atoms with Crippen LogP contribution in [-0.2, 0) is 25.6 Å². The molecule has 1 N–H and O–H groups in total. The minimum absolute atomic E-state index is 0. The molecule has 0 atom stereocenters. The molecular weight excluding hydrogens is 223 g/mol. The molecule has 0 aromatic heterocycles. The third-order valence-electron chi connectivity index (χ3n) is 0. The first-order valence-corrected chi connectivity index (χ1v) is 4.39. The predicted molar refractivity (Wildman–Crippen MR) is 18.7 cm³/mol. The molecule has 0 aromatic carbocycles. The molecule has 0 amide bonds. The fraction of sp³-hybridized carbons (Fsp3) is 0. The summed E-state index contributed by atoms with van der Waals surface area (Å²) in [6, 6.07) is 0. The van der Waals surface area contributed by atoms with Gasteiger partial charge in [0.25, 0.3) is 0 Å². The summed E-state index contributed by atoms with van der Waals surface area (Å²) in [5, 5.41) is 0. The average Bonchev–Trinajstić information content (AvgIpc) is 0.722. The third kappa shape index (κ3) is 85.7. The summed E-state index contributed by atoms with van der Waals surface area (Å²) >= 11 is 1.11. The van der Waals surface area contributed by atoms with Gasteiger partial charge in [-0.1, -0.05) is 0 Å². The molecule has 0 saturated heterocycles. The fourth-order valence-electron chi connectivity index (χ4n) is 0. The Morgan fingerprint density at radius 3 is 1.50 bits per heavy atom. The van der Waals surface area contributed by atoms with Crippen molar-refractivity contribution in [3.05, 3.63) is 0 Å². The average molecular weight is 225 g/mol. The first-order valence-electron chi connectivity index (χ1n) is 0.698. The Labute approximate surface area is 53.6 Å². The van der Waals surface area contributed by atoms with E-state index in [4.69, 9.17) is 13.0 Å². The van der Waals surface area contributed by atoms with Crippen molar-refractivity contribution in [2.75, 3.05) is 0 Å². The first kappa shape index (κ1) is 10.0. The first-order chi connectivity index (χ1) is 2.00. The molecular formula is H2CuO3SSe. The van der Waals surface area contributed by atoms with Gasteiger partial charge in [-0.15, -0.1) is 0 Å². The number of hydrogen-bond donors (Lipinski definition) is 1. The van der Waals surface area contributed by atoms with Gasteiger partial charge in [-0.3, -0.25) is 0 Å². The molecule has 0 fully saturated rings. The molecule has 0 rings (SSSR count). The van der Waals surface area contributed by atoms with Gasteiger partial charge in [-0.2, -0.15) is 0 Å². The fourth-order valence-corrected chi connectivity index (χ4v) is 0. The minimum atomic E-state index is -3.73. The molecule has 3 nitrogen and oxygen atoms in total. The molecule has 0 unspecified atom stereocenters. The quantitative estimate of drug-likeness (QED) is 0.411. The van der Waals surface area contributed by atoms with E-state index >= 15 is 0 Å². The molecule has 0 aromatic rings. The second kappa shape index (κ2) is 3.02. The summed E-state index contributed by atoms with van der Waals surface area (Å²) in [5.41, 5.74) is 0. The van der Waals surface area contributed by atoms with Crippen molar-refractivity contribution >= 4 is 23.4 Å². The Morgan fingerprint density at radius 2 is 1.50 bits per heavy atom. The Balaban J connectivity index is 0. The van der Waals surface area contributed by atoms with Crippen LogP contribution >= 0.6 is 0 Å². The summed E-state index contributed by atoms with van der Waals surface area (Å²) in [6.45, 7) is 0. The van der Waals surface area contributed by atoms with Crippen LogP contribution in [0.3, 0.4) is 0 Å². The van der Waals surface area contributed by atoms with Gasteiger partial charge < -0.3 is 0 Å². The second-order valence-electron chi connectivity index (χ2n) is 0.448. The summed E-state index contributed by atoms with van der Waals surface area (Å²) in [7, 11) is -3.73. The summed E-state index contributed by atoms with van der Waals surface area (Å²) in [6.07, 6.45) is 0. The van der Waals surface area contributed by atoms with Gasteiger partial charge in [-0.05, 0) is 0 Å². The third-order valence-corrected chi connectivity index (χ3v) is 0. The van der Waals surface area contributed by atoms with Gasteiger partial charge in [0, 0.05) is 17.1 Å². The van der Waals surface area contributed by atoms with Crippen LogP contribution in [0.4, 0.5) is 0 Å². The molecule has 6 heteroatoms. The summed E-state index contributed by atoms with van der Waals surface area (Å²) < 4.78 is 25.8. The monoisotopic (exact) mass is 225 g/mol. The molecule has 0 saturated carbocycles. The standard InChI is InChI=1S/Cu.H2O3SSe/c;1-4(2,3)5/h;(H2,1,2,3,5). The van der Waals surface area contributed by atoms with Gasteiger partial charge in [0.2, 0.25) is 0 Å². The normalized spacial score (nSPS) is 9.67. The van der Waals surface area contributed by atoms with E-state index in [1.165, 1.54) is 0 Å². The van der Waals surface area contributed by atoms with E-state index in [1.54, 1.807) is 0 Å². The van der Waals surface area contributed by atoms with Crippen LogP contribution in [0.15, 0.2) is 0 Å². The molecule has 0 heterocycles. The van der Waals surface area contributed by atoms with Crippen LogP contribution in [0, 0.1) is 0 Å². The summed E-state index contributed by atoms with van der Waals surface area (Å²) in [4.78, 5) is 0. The van der Waals surface area contributed by atoms with E-state index in [9.17, 15) is 0 Å². The number of hydrogen-bond acceptors (Lipinski definition) is 2. The van der Waals surface area contributed by atoms with Crippen LogP contribution in [0.5, 0.6) is 0 Å². The maximum Gasteiger partial charge on any atom is 0 e. The maximum atomic E-state index is 9.16. The van der Waals surface area contributed by atoms with Crippen molar-refractivity contribution in [3.63, 3.8) is 0 Å². The van der Waals surface area contributed by atoms with Crippen LogP contribution in [0.25, 0.3) is 0 Å². The van der Waals surface area contributed by atoms with Gasteiger partial charge in [0.1, 0.15) is 0 Å².